The van der Waals surface area contributed by atoms with Gasteiger partial charge in [-0.2, -0.15) is 0 Å². The lowest BCUT2D eigenvalue weighted by atomic mass is 9.77. The number of methoxy groups -OCH3 is 1. The highest BCUT2D eigenvalue weighted by molar-refractivity contribution is 5.88. The van der Waals surface area contributed by atoms with Crippen molar-refractivity contribution in [3.05, 3.63) is 90.0 Å². The molecule has 0 amide bonds. The van der Waals surface area contributed by atoms with Crippen molar-refractivity contribution >= 4 is 17.9 Å². The molecule has 1 aliphatic carbocycles. The minimum Gasteiger partial charge on any atom is -0.490 e. The molecule has 1 aliphatic rings. The number of hydrogen-bond donors (Lipinski definition) is 1. The van der Waals surface area contributed by atoms with Gasteiger partial charge in [-0.1, -0.05) is 50.1 Å². The molecule has 0 atom stereocenters. The van der Waals surface area contributed by atoms with Gasteiger partial charge in [-0.05, 0) is 98.1 Å². The predicted octanol–water partition coefficient (Wildman–Crippen LogP) is 6.29. The van der Waals surface area contributed by atoms with Gasteiger partial charge in [-0.3, -0.25) is 0 Å². The minimum atomic E-state index is -0.549. The van der Waals surface area contributed by atoms with Crippen LogP contribution < -0.4 is 4.74 Å². The van der Waals surface area contributed by atoms with E-state index < -0.39 is 24.5 Å². The van der Waals surface area contributed by atoms with Gasteiger partial charge >= 0.3 is 17.9 Å². The summed E-state index contributed by atoms with van der Waals surface area (Å²) in [5.74, 6) is 0.0880. The maximum atomic E-state index is 11.9. The number of rotatable bonds is 19. The lowest BCUT2D eigenvalue weighted by Gasteiger charge is -2.30. The summed E-state index contributed by atoms with van der Waals surface area (Å²) in [6.07, 6.45) is 6.17. The van der Waals surface area contributed by atoms with E-state index in [1.807, 2.05) is 12.1 Å². The molecule has 2 aromatic carbocycles. The van der Waals surface area contributed by atoms with Crippen molar-refractivity contribution in [3.63, 3.8) is 0 Å². The third kappa shape index (κ3) is 12.2. The Labute approximate surface area is 278 Å². The van der Waals surface area contributed by atoms with Gasteiger partial charge in [-0.15, -0.1) is 0 Å². The molecule has 0 saturated heterocycles. The Morgan fingerprint density at radius 1 is 0.787 bits per heavy atom. The fraction of sp³-hybridized carbons (Fsp3) is 0.447. The highest BCUT2D eigenvalue weighted by atomic mass is 16.6. The van der Waals surface area contributed by atoms with Crippen LogP contribution in [0.25, 0.3) is 11.1 Å². The number of aliphatic hydroxyl groups is 1. The van der Waals surface area contributed by atoms with Gasteiger partial charge in [0.05, 0.1) is 37.6 Å². The number of esters is 3. The first-order chi connectivity index (χ1) is 22.6. The van der Waals surface area contributed by atoms with Gasteiger partial charge in [0, 0.05) is 12.7 Å². The molecule has 0 aromatic heterocycles. The van der Waals surface area contributed by atoms with Crippen molar-refractivity contribution in [2.24, 2.45) is 5.92 Å². The number of aliphatic hydroxyl groups excluding tert-OH is 1. The molecule has 0 radical (unpaired) electrons. The zero-order valence-corrected chi connectivity index (χ0v) is 27.7. The predicted molar refractivity (Wildman–Crippen MR) is 180 cm³/mol. The van der Waals surface area contributed by atoms with Gasteiger partial charge in [0.2, 0.25) is 0 Å². The summed E-state index contributed by atoms with van der Waals surface area (Å²) in [7, 11) is 1.51. The van der Waals surface area contributed by atoms with Crippen molar-refractivity contribution in [2.75, 3.05) is 46.8 Å². The average molecular weight is 649 g/mol. The van der Waals surface area contributed by atoms with Crippen molar-refractivity contribution in [1.29, 1.82) is 0 Å². The monoisotopic (exact) mass is 648 g/mol. The first-order valence-corrected chi connectivity index (χ1v) is 16.1. The second-order valence-corrected chi connectivity index (χ2v) is 11.9. The van der Waals surface area contributed by atoms with Crippen molar-refractivity contribution in [2.45, 2.75) is 57.8 Å². The molecule has 2 aromatic rings. The molecule has 0 heterocycles. The molecule has 3 rings (SSSR count). The Morgan fingerprint density at radius 3 is 2.09 bits per heavy atom. The summed E-state index contributed by atoms with van der Waals surface area (Å²) in [5.41, 5.74) is 5.15. The minimum absolute atomic E-state index is 0.0637. The summed E-state index contributed by atoms with van der Waals surface area (Å²) in [6.45, 7) is 13.1. The molecule has 0 bridgehead atoms. The van der Waals surface area contributed by atoms with Crippen LogP contribution in [0, 0.1) is 5.92 Å². The Bertz CT molecular complexity index is 1380. The Kier molecular flexibility index (Phi) is 15.4. The standard InChI is InChI=1S/C38H48O9/c1-26(2)36(40)47-22-21-44-35-17-16-33(31-12-8-29(9-13-31)7-6-19-45-38(42)28(4)25-43-5)23-34(35)32-14-10-30(11-15-32)18-20-46-37(41)27(3)24-39/h8-9,12-13,16-17,23,30,32,39H,1,3-4,6-7,10-11,14-15,18-22,24-25H2,2,5H3. The molecule has 1 N–H and O–H groups in total. The first kappa shape index (κ1) is 37.2. The molecular weight excluding hydrogens is 600 g/mol. The zero-order valence-electron chi connectivity index (χ0n) is 27.7. The first-order valence-electron chi connectivity index (χ1n) is 16.1. The summed E-state index contributed by atoms with van der Waals surface area (Å²) in [6, 6.07) is 14.6. The molecule has 0 aliphatic heterocycles. The number of aryl methyl sites for hydroxylation is 1. The van der Waals surface area contributed by atoms with Gasteiger partial charge in [0.1, 0.15) is 19.0 Å². The van der Waals surface area contributed by atoms with Crippen LogP contribution in [0.3, 0.4) is 0 Å². The van der Waals surface area contributed by atoms with Crippen molar-refractivity contribution in [3.8, 4) is 16.9 Å². The smallest absolute Gasteiger partial charge is 0.335 e. The third-order valence-electron chi connectivity index (χ3n) is 8.20. The van der Waals surface area contributed by atoms with E-state index in [0.717, 1.165) is 66.5 Å². The molecular formula is C38H48O9. The second kappa shape index (κ2) is 19.5. The van der Waals surface area contributed by atoms with Crippen LogP contribution in [0.1, 0.15) is 62.5 Å². The van der Waals surface area contributed by atoms with E-state index >= 15 is 0 Å². The van der Waals surface area contributed by atoms with Crippen LogP contribution in [0.4, 0.5) is 0 Å². The number of carbonyl (C=O) groups is 3. The number of ether oxygens (including phenoxy) is 5. The van der Waals surface area contributed by atoms with Gasteiger partial charge < -0.3 is 28.8 Å². The third-order valence-corrected chi connectivity index (χ3v) is 8.20. The number of hydrogen-bond acceptors (Lipinski definition) is 9. The molecule has 1 fully saturated rings. The molecule has 47 heavy (non-hydrogen) atoms. The van der Waals surface area contributed by atoms with Gasteiger partial charge in [-0.25, -0.2) is 14.4 Å². The van der Waals surface area contributed by atoms with Crippen molar-refractivity contribution < 1.29 is 43.2 Å². The normalized spacial score (nSPS) is 15.7. The van der Waals surface area contributed by atoms with E-state index in [0.29, 0.717) is 36.7 Å². The zero-order chi connectivity index (χ0) is 34.2. The molecule has 9 heteroatoms. The Morgan fingerprint density at radius 2 is 1.43 bits per heavy atom. The highest BCUT2D eigenvalue weighted by Crippen LogP contribution is 2.42. The molecule has 1 saturated carbocycles. The molecule has 0 spiro atoms. The Balaban J connectivity index is 1.63. The fourth-order valence-electron chi connectivity index (χ4n) is 5.47. The number of benzene rings is 2. The maximum Gasteiger partial charge on any atom is 0.335 e. The second-order valence-electron chi connectivity index (χ2n) is 11.9. The topological polar surface area (TPSA) is 118 Å². The van der Waals surface area contributed by atoms with E-state index in [9.17, 15) is 14.4 Å². The van der Waals surface area contributed by atoms with Crippen LogP contribution in [0.5, 0.6) is 5.75 Å². The average Bonchev–Trinajstić information content (AvgIpc) is 3.08. The van der Waals surface area contributed by atoms with Crippen molar-refractivity contribution in [1.82, 2.24) is 0 Å². The van der Waals surface area contributed by atoms with E-state index in [2.05, 4.69) is 50.1 Å². The molecule has 0 unspecified atom stereocenters. The summed E-state index contributed by atoms with van der Waals surface area (Å²) < 4.78 is 26.8. The van der Waals surface area contributed by atoms with Gasteiger partial charge in [0.25, 0.3) is 0 Å². The summed E-state index contributed by atoms with van der Waals surface area (Å²) >= 11 is 0. The quantitative estimate of drug-likeness (QED) is 0.0812. The van der Waals surface area contributed by atoms with Crippen LogP contribution >= 0.6 is 0 Å². The highest BCUT2D eigenvalue weighted by Gasteiger charge is 2.25. The Hall–Kier alpha value is -4.21. The van der Waals surface area contributed by atoms with E-state index in [1.54, 1.807) is 6.92 Å². The fourth-order valence-corrected chi connectivity index (χ4v) is 5.47. The number of carbonyl (C=O) groups excluding carboxylic acids is 3. The summed E-state index contributed by atoms with van der Waals surface area (Å²) in [4.78, 5) is 35.5. The van der Waals surface area contributed by atoms with E-state index in [1.165, 1.54) is 7.11 Å². The lowest BCUT2D eigenvalue weighted by Crippen LogP contribution is -2.18. The van der Waals surface area contributed by atoms with Crippen LogP contribution in [0.2, 0.25) is 0 Å². The van der Waals surface area contributed by atoms with Crippen LogP contribution in [-0.2, 0) is 39.8 Å². The van der Waals surface area contributed by atoms with Crippen LogP contribution in [-0.4, -0.2) is 69.8 Å². The lowest BCUT2D eigenvalue weighted by molar-refractivity contribution is -0.140. The maximum absolute atomic E-state index is 11.9. The largest absolute Gasteiger partial charge is 0.490 e. The SMILES string of the molecule is C=C(C)C(=O)OCCOc1ccc(-c2ccc(CCCOC(=O)C(=C)COC)cc2)cc1C1CCC(CCOC(=O)C(=C)CO)CC1. The van der Waals surface area contributed by atoms with E-state index in [4.69, 9.17) is 28.8 Å². The molecule has 9 nitrogen and oxygen atoms in total. The van der Waals surface area contributed by atoms with E-state index in [-0.39, 0.29) is 31.3 Å². The summed E-state index contributed by atoms with van der Waals surface area (Å²) in [5, 5.41) is 9.06. The van der Waals surface area contributed by atoms with Gasteiger partial charge in [0.15, 0.2) is 0 Å². The molecule has 254 valence electrons. The van der Waals surface area contributed by atoms with Crippen LogP contribution in [0.15, 0.2) is 78.9 Å².